The summed E-state index contributed by atoms with van der Waals surface area (Å²) in [5.74, 6) is 0.629. The van der Waals surface area contributed by atoms with Crippen LogP contribution in [0.5, 0.6) is 0 Å². The maximum absolute atomic E-state index is 12.7. The van der Waals surface area contributed by atoms with Crippen molar-refractivity contribution in [2.45, 2.75) is 54.7 Å². The number of hydrogen-bond donors (Lipinski definition) is 2. The summed E-state index contributed by atoms with van der Waals surface area (Å²) < 4.78 is 0. The number of fused-ring (bicyclic) bond motifs is 1. The Balaban J connectivity index is 1.69. The van der Waals surface area contributed by atoms with Crippen LogP contribution in [0.3, 0.4) is 0 Å². The molecule has 2 aliphatic rings. The van der Waals surface area contributed by atoms with Crippen molar-refractivity contribution in [1.29, 1.82) is 0 Å². The molecule has 1 aliphatic carbocycles. The van der Waals surface area contributed by atoms with Crippen LogP contribution in [0, 0.1) is 5.92 Å². The van der Waals surface area contributed by atoms with E-state index in [9.17, 15) is 4.79 Å². The van der Waals surface area contributed by atoms with Crippen LogP contribution in [0.15, 0.2) is 29.2 Å². The van der Waals surface area contributed by atoms with Crippen LogP contribution in [-0.4, -0.2) is 23.2 Å². The van der Waals surface area contributed by atoms with Gasteiger partial charge in [-0.05, 0) is 36.8 Å². The lowest BCUT2D eigenvalue weighted by Gasteiger charge is -2.43. The van der Waals surface area contributed by atoms with Gasteiger partial charge in [-0.2, -0.15) is 0 Å². The van der Waals surface area contributed by atoms with Gasteiger partial charge < -0.3 is 11.1 Å². The zero-order valence-electron chi connectivity index (χ0n) is 12.6. The minimum Gasteiger partial charge on any atom is -0.348 e. The minimum absolute atomic E-state index is 0.0000449. The first-order valence-electron chi connectivity index (χ1n) is 7.91. The third kappa shape index (κ3) is 2.84. The first-order valence-corrected chi connectivity index (χ1v) is 8.79. The molecular formula is C17H24N2OS. The van der Waals surface area contributed by atoms with E-state index in [0.717, 1.165) is 19.3 Å². The number of amides is 1. The number of hydrogen-bond acceptors (Lipinski definition) is 3. The van der Waals surface area contributed by atoms with Crippen molar-refractivity contribution in [3.63, 3.8) is 0 Å². The van der Waals surface area contributed by atoms with Gasteiger partial charge in [-0.3, -0.25) is 4.79 Å². The Morgan fingerprint density at radius 2 is 2.24 bits per heavy atom. The van der Waals surface area contributed by atoms with Crippen LogP contribution in [0.4, 0.5) is 0 Å². The molecule has 114 valence electrons. The number of rotatable bonds is 3. The Morgan fingerprint density at radius 1 is 1.43 bits per heavy atom. The molecule has 3 nitrogen and oxygen atoms in total. The zero-order valence-corrected chi connectivity index (χ0v) is 13.4. The van der Waals surface area contributed by atoms with E-state index in [1.807, 2.05) is 12.1 Å². The number of benzene rings is 1. The molecule has 1 saturated carbocycles. The van der Waals surface area contributed by atoms with Crippen molar-refractivity contribution in [2.75, 3.05) is 6.54 Å². The normalized spacial score (nSPS) is 31.7. The highest BCUT2D eigenvalue weighted by Gasteiger charge is 2.40. The summed E-state index contributed by atoms with van der Waals surface area (Å²) in [7, 11) is 0. The predicted octanol–water partition coefficient (Wildman–Crippen LogP) is 2.73. The highest BCUT2D eigenvalue weighted by molar-refractivity contribution is 8.01. The van der Waals surface area contributed by atoms with Crippen molar-refractivity contribution < 1.29 is 4.79 Å². The van der Waals surface area contributed by atoms with Gasteiger partial charge in [0, 0.05) is 11.4 Å². The molecule has 0 aromatic heterocycles. The summed E-state index contributed by atoms with van der Waals surface area (Å²) in [4.78, 5) is 14.0. The van der Waals surface area contributed by atoms with Gasteiger partial charge in [-0.1, -0.05) is 38.0 Å². The van der Waals surface area contributed by atoms with Crippen LogP contribution < -0.4 is 11.1 Å². The van der Waals surface area contributed by atoms with E-state index in [1.54, 1.807) is 11.8 Å². The topological polar surface area (TPSA) is 55.1 Å². The molecule has 4 heteroatoms. The van der Waals surface area contributed by atoms with Crippen molar-refractivity contribution in [3.8, 4) is 0 Å². The molecule has 0 saturated heterocycles. The van der Waals surface area contributed by atoms with E-state index >= 15 is 0 Å². The summed E-state index contributed by atoms with van der Waals surface area (Å²) in [6.45, 7) is 2.77. The van der Waals surface area contributed by atoms with E-state index in [4.69, 9.17) is 5.73 Å². The maximum atomic E-state index is 12.7. The van der Waals surface area contributed by atoms with Gasteiger partial charge in [0.05, 0.1) is 10.8 Å². The van der Waals surface area contributed by atoms with Gasteiger partial charge in [-0.25, -0.2) is 0 Å². The van der Waals surface area contributed by atoms with Gasteiger partial charge in [0.2, 0.25) is 5.91 Å². The fourth-order valence-corrected chi connectivity index (χ4v) is 4.80. The van der Waals surface area contributed by atoms with Crippen LogP contribution in [0.2, 0.25) is 0 Å². The SMILES string of the molecule is CC1CCCCC1(CN)NC(=O)C1Cc2ccccc2S1. The summed E-state index contributed by atoms with van der Waals surface area (Å²) in [6.07, 6.45) is 5.43. The standard InChI is InChI=1S/C17H24N2OS/c1-12-6-4-5-9-17(12,11-18)19-16(20)15-10-13-7-2-3-8-14(13)21-15/h2-3,7-8,12,15H,4-6,9-11,18H2,1H3,(H,19,20). The molecule has 21 heavy (non-hydrogen) atoms. The molecule has 1 aromatic rings. The summed E-state index contributed by atoms with van der Waals surface area (Å²) in [6, 6.07) is 8.31. The molecule has 3 rings (SSSR count). The van der Waals surface area contributed by atoms with E-state index < -0.39 is 0 Å². The molecule has 0 bridgehead atoms. The van der Waals surface area contributed by atoms with E-state index in [1.165, 1.54) is 23.3 Å². The molecule has 1 aliphatic heterocycles. The van der Waals surface area contributed by atoms with Gasteiger partial charge in [0.15, 0.2) is 0 Å². The Labute approximate surface area is 131 Å². The van der Waals surface area contributed by atoms with Crippen molar-refractivity contribution in [1.82, 2.24) is 5.32 Å². The average molecular weight is 304 g/mol. The summed E-state index contributed by atoms with van der Waals surface area (Å²) in [5, 5.41) is 3.32. The highest BCUT2D eigenvalue weighted by atomic mass is 32.2. The quantitative estimate of drug-likeness (QED) is 0.903. The Hall–Kier alpha value is -1.00. The first kappa shape index (κ1) is 14.9. The number of carbonyl (C=O) groups excluding carboxylic acids is 1. The number of carbonyl (C=O) groups is 1. The van der Waals surface area contributed by atoms with Crippen molar-refractivity contribution >= 4 is 17.7 Å². The average Bonchev–Trinajstić information content (AvgIpc) is 2.94. The number of nitrogens with one attached hydrogen (secondary N) is 1. The Kier molecular flexibility index (Phi) is 4.27. The van der Waals surface area contributed by atoms with Gasteiger partial charge >= 0.3 is 0 Å². The van der Waals surface area contributed by atoms with Gasteiger partial charge in [-0.15, -0.1) is 11.8 Å². The number of thioether (sulfide) groups is 1. The third-order valence-corrected chi connectivity index (χ3v) is 6.45. The monoisotopic (exact) mass is 304 g/mol. The molecule has 0 radical (unpaired) electrons. The lowest BCUT2D eigenvalue weighted by Crippen LogP contribution is -2.60. The predicted molar refractivity (Wildman–Crippen MR) is 87.4 cm³/mol. The summed E-state index contributed by atoms with van der Waals surface area (Å²) in [5.41, 5.74) is 7.14. The van der Waals surface area contributed by atoms with Crippen molar-refractivity contribution in [3.05, 3.63) is 29.8 Å². The highest BCUT2D eigenvalue weighted by Crippen LogP contribution is 2.38. The fraction of sp³-hybridized carbons (Fsp3) is 0.588. The van der Waals surface area contributed by atoms with E-state index in [2.05, 4.69) is 24.4 Å². The molecular weight excluding hydrogens is 280 g/mol. The van der Waals surface area contributed by atoms with Gasteiger partial charge in [0.1, 0.15) is 0 Å². The number of nitrogens with two attached hydrogens (primary N) is 1. The second-order valence-corrected chi connectivity index (χ2v) is 7.66. The van der Waals surface area contributed by atoms with Crippen LogP contribution in [-0.2, 0) is 11.2 Å². The molecule has 1 aromatic carbocycles. The molecule has 1 fully saturated rings. The lowest BCUT2D eigenvalue weighted by atomic mass is 9.73. The molecule has 3 N–H and O–H groups in total. The van der Waals surface area contributed by atoms with Crippen LogP contribution >= 0.6 is 11.8 Å². The molecule has 3 unspecified atom stereocenters. The zero-order chi connectivity index (χ0) is 14.9. The Bertz CT molecular complexity index is 508. The smallest absolute Gasteiger partial charge is 0.234 e. The van der Waals surface area contributed by atoms with E-state index in [-0.39, 0.29) is 16.7 Å². The van der Waals surface area contributed by atoms with Crippen molar-refractivity contribution in [2.24, 2.45) is 11.7 Å². The maximum Gasteiger partial charge on any atom is 0.234 e. The molecule has 0 spiro atoms. The lowest BCUT2D eigenvalue weighted by molar-refractivity contribution is -0.123. The van der Waals surface area contributed by atoms with E-state index in [0.29, 0.717) is 12.5 Å². The largest absolute Gasteiger partial charge is 0.348 e. The Morgan fingerprint density at radius 3 is 2.95 bits per heavy atom. The summed E-state index contributed by atoms with van der Waals surface area (Å²) >= 11 is 1.69. The molecule has 3 atom stereocenters. The first-order chi connectivity index (χ1) is 10.1. The second kappa shape index (κ2) is 6.01. The molecule has 1 heterocycles. The third-order valence-electron chi connectivity index (χ3n) is 5.13. The molecule has 1 amide bonds. The van der Waals surface area contributed by atoms with Crippen LogP contribution in [0.25, 0.3) is 0 Å². The van der Waals surface area contributed by atoms with Crippen LogP contribution in [0.1, 0.15) is 38.2 Å². The second-order valence-electron chi connectivity index (χ2n) is 6.41. The van der Waals surface area contributed by atoms with Gasteiger partial charge in [0.25, 0.3) is 0 Å². The minimum atomic E-state index is -0.190. The fourth-order valence-electron chi connectivity index (χ4n) is 3.61.